The minimum Gasteiger partial charge on any atom is -0.369 e. The molecular weight excluding hydrogens is 244 g/mol. The highest BCUT2D eigenvalue weighted by Crippen LogP contribution is 2.25. The first-order valence-corrected chi connectivity index (χ1v) is 5.15. The number of alkyl halides is 2. The molecule has 2 heterocycles. The Morgan fingerprint density at radius 1 is 1.56 bits per heavy atom. The summed E-state index contributed by atoms with van der Waals surface area (Å²) in [4.78, 5) is 14.7. The smallest absolute Gasteiger partial charge is 0.319 e. The lowest BCUT2D eigenvalue weighted by Crippen LogP contribution is -2.14. The summed E-state index contributed by atoms with van der Waals surface area (Å²) in [5, 5.41) is 6.29. The van der Waals surface area contributed by atoms with Crippen molar-refractivity contribution in [2.75, 3.05) is 0 Å². The van der Waals surface area contributed by atoms with Crippen molar-refractivity contribution in [1.82, 2.24) is 19.7 Å². The van der Waals surface area contributed by atoms with Crippen LogP contribution in [0, 0.1) is 6.92 Å². The van der Waals surface area contributed by atoms with Crippen molar-refractivity contribution in [2.45, 2.75) is 19.9 Å². The Bertz CT molecular complexity index is 575. The van der Waals surface area contributed by atoms with E-state index in [0.29, 0.717) is 5.69 Å². The van der Waals surface area contributed by atoms with Gasteiger partial charge in [0.2, 0.25) is 5.91 Å². The third kappa shape index (κ3) is 2.22. The number of carbonyl (C=O) groups is 1. The summed E-state index contributed by atoms with van der Waals surface area (Å²) in [6, 6.07) is 3.05. The van der Waals surface area contributed by atoms with E-state index in [4.69, 9.17) is 5.73 Å². The fourth-order valence-electron chi connectivity index (χ4n) is 1.65. The average molecular weight is 255 g/mol. The Hall–Kier alpha value is -2.25. The molecule has 1 amide bonds. The number of hydrogen-bond donors (Lipinski definition) is 2. The van der Waals surface area contributed by atoms with Gasteiger partial charge in [0.05, 0.1) is 12.1 Å². The molecule has 0 radical (unpaired) electrons. The largest absolute Gasteiger partial charge is 0.369 e. The van der Waals surface area contributed by atoms with Crippen LogP contribution in [0.1, 0.15) is 18.1 Å². The van der Waals surface area contributed by atoms with E-state index in [-0.39, 0.29) is 23.8 Å². The second-order valence-electron chi connectivity index (χ2n) is 3.76. The predicted molar refractivity (Wildman–Crippen MR) is 58.7 cm³/mol. The van der Waals surface area contributed by atoms with Crippen molar-refractivity contribution in [3.05, 3.63) is 23.7 Å². The number of aromatic amines is 1. The van der Waals surface area contributed by atoms with Crippen LogP contribution in [0.15, 0.2) is 12.1 Å². The van der Waals surface area contributed by atoms with Gasteiger partial charge in [-0.15, -0.1) is 0 Å². The monoisotopic (exact) mass is 255 g/mol. The highest BCUT2D eigenvalue weighted by molar-refractivity contribution is 5.75. The lowest BCUT2D eigenvalue weighted by molar-refractivity contribution is -0.117. The van der Waals surface area contributed by atoms with Crippen molar-refractivity contribution in [2.24, 2.45) is 5.73 Å². The molecule has 18 heavy (non-hydrogen) atoms. The van der Waals surface area contributed by atoms with Crippen LogP contribution < -0.4 is 5.73 Å². The van der Waals surface area contributed by atoms with Gasteiger partial charge in [-0.1, -0.05) is 0 Å². The van der Waals surface area contributed by atoms with Gasteiger partial charge in [-0.3, -0.25) is 14.5 Å². The second-order valence-corrected chi connectivity index (χ2v) is 3.76. The molecule has 96 valence electrons. The van der Waals surface area contributed by atoms with Gasteiger partial charge in [0, 0.05) is 5.69 Å². The molecule has 0 aliphatic heterocycles. The number of carbonyl (C=O) groups excluding carboxylic acids is 1. The van der Waals surface area contributed by atoms with Crippen molar-refractivity contribution in [3.8, 4) is 11.5 Å². The molecule has 0 saturated carbocycles. The van der Waals surface area contributed by atoms with E-state index >= 15 is 0 Å². The number of nitrogens with one attached hydrogen (secondary N) is 1. The molecule has 0 aliphatic rings. The number of rotatable bonds is 4. The first-order valence-electron chi connectivity index (χ1n) is 5.15. The molecule has 0 unspecified atom stereocenters. The molecule has 8 heteroatoms. The Morgan fingerprint density at radius 2 is 2.28 bits per heavy atom. The third-order valence-corrected chi connectivity index (χ3v) is 2.42. The molecule has 0 aromatic carbocycles. The molecule has 6 nitrogen and oxygen atoms in total. The second kappa shape index (κ2) is 4.55. The number of amides is 1. The van der Waals surface area contributed by atoms with Gasteiger partial charge in [0.15, 0.2) is 5.82 Å². The minimum atomic E-state index is -2.67. The summed E-state index contributed by atoms with van der Waals surface area (Å²) in [7, 11) is 0. The summed E-state index contributed by atoms with van der Waals surface area (Å²) in [6.45, 7) is -1.11. The quantitative estimate of drug-likeness (QED) is 0.854. The maximum atomic E-state index is 12.8. The first kappa shape index (κ1) is 12.2. The van der Waals surface area contributed by atoms with Gasteiger partial charge in [-0.25, -0.2) is 4.98 Å². The highest BCUT2D eigenvalue weighted by atomic mass is 19.3. The van der Waals surface area contributed by atoms with Crippen LogP contribution in [-0.4, -0.2) is 25.7 Å². The van der Waals surface area contributed by atoms with Gasteiger partial charge in [0.25, 0.3) is 0 Å². The Labute approximate surface area is 101 Å². The van der Waals surface area contributed by atoms with E-state index in [2.05, 4.69) is 15.2 Å². The lowest BCUT2D eigenvalue weighted by Gasteiger charge is -2.07. The number of aromatic nitrogens is 4. The summed E-state index contributed by atoms with van der Waals surface area (Å²) < 4.78 is 26.5. The van der Waals surface area contributed by atoms with Gasteiger partial charge in [-0.2, -0.15) is 13.9 Å². The standard InChI is InChI=1S/C10H11F2N5O/c1-5-2-3-6(17(5)10(11)12)9-14-8(15-16-9)4-7(13)18/h2-3,10H,4H2,1H3,(H2,13,18)(H,14,15,16). The zero-order valence-corrected chi connectivity index (χ0v) is 9.52. The maximum Gasteiger partial charge on any atom is 0.319 e. The summed E-state index contributed by atoms with van der Waals surface area (Å²) in [6.07, 6.45) is -0.110. The van der Waals surface area contributed by atoms with Crippen LogP contribution in [-0.2, 0) is 11.2 Å². The Balaban J connectivity index is 2.37. The van der Waals surface area contributed by atoms with E-state index in [9.17, 15) is 13.6 Å². The summed E-state index contributed by atoms with van der Waals surface area (Å²) >= 11 is 0. The Kier molecular flexibility index (Phi) is 3.09. The lowest BCUT2D eigenvalue weighted by atomic mass is 10.4. The van der Waals surface area contributed by atoms with Gasteiger partial charge < -0.3 is 5.73 Å². The Morgan fingerprint density at radius 3 is 2.89 bits per heavy atom. The number of H-pyrrole nitrogens is 1. The zero-order valence-electron chi connectivity index (χ0n) is 9.52. The zero-order chi connectivity index (χ0) is 13.3. The van der Waals surface area contributed by atoms with Crippen molar-refractivity contribution < 1.29 is 13.6 Å². The fourth-order valence-corrected chi connectivity index (χ4v) is 1.65. The van der Waals surface area contributed by atoms with Gasteiger partial charge in [-0.05, 0) is 19.1 Å². The van der Waals surface area contributed by atoms with Crippen molar-refractivity contribution >= 4 is 5.91 Å². The van der Waals surface area contributed by atoms with E-state index in [1.807, 2.05) is 0 Å². The summed E-state index contributed by atoms with van der Waals surface area (Å²) in [5.74, 6) is -0.213. The van der Waals surface area contributed by atoms with Crippen LogP contribution >= 0.6 is 0 Å². The highest BCUT2D eigenvalue weighted by Gasteiger charge is 2.18. The predicted octanol–water partition coefficient (Wildman–Crippen LogP) is 1.00. The molecule has 0 atom stereocenters. The topological polar surface area (TPSA) is 89.6 Å². The fraction of sp³-hybridized carbons (Fsp3) is 0.300. The molecule has 0 saturated heterocycles. The van der Waals surface area contributed by atoms with Gasteiger partial charge in [0.1, 0.15) is 5.82 Å². The van der Waals surface area contributed by atoms with E-state index < -0.39 is 12.5 Å². The number of halogens is 2. The number of aryl methyl sites for hydroxylation is 1. The average Bonchev–Trinajstić information content (AvgIpc) is 2.83. The molecular formula is C10H11F2N5O. The van der Waals surface area contributed by atoms with Crippen LogP contribution in [0.5, 0.6) is 0 Å². The molecule has 0 aliphatic carbocycles. The van der Waals surface area contributed by atoms with Crippen LogP contribution in [0.4, 0.5) is 8.78 Å². The van der Waals surface area contributed by atoms with Crippen LogP contribution in [0.2, 0.25) is 0 Å². The number of hydrogen-bond acceptors (Lipinski definition) is 3. The molecule has 2 rings (SSSR count). The first-order chi connectivity index (χ1) is 8.49. The number of nitrogens with two attached hydrogens (primary N) is 1. The van der Waals surface area contributed by atoms with E-state index in [1.54, 1.807) is 13.0 Å². The normalized spacial score (nSPS) is 11.1. The number of primary amides is 1. The maximum absolute atomic E-state index is 12.8. The number of nitrogens with zero attached hydrogens (tertiary/aromatic N) is 3. The van der Waals surface area contributed by atoms with Crippen LogP contribution in [0.25, 0.3) is 11.5 Å². The van der Waals surface area contributed by atoms with E-state index in [0.717, 1.165) is 4.57 Å². The third-order valence-electron chi connectivity index (χ3n) is 2.42. The van der Waals surface area contributed by atoms with Gasteiger partial charge >= 0.3 is 6.55 Å². The van der Waals surface area contributed by atoms with Crippen LogP contribution in [0.3, 0.4) is 0 Å². The molecule has 2 aromatic rings. The summed E-state index contributed by atoms with van der Waals surface area (Å²) in [5.41, 5.74) is 5.60. The molecule has 3 N–H and O–H groups in total. The molecule has 0 fully saturated rings. The van der Waals surface area contributed by atoms with E-state index in [1.165, 1.54) is 6.07 Å². The minimum absolute atomic E-state index is 0.110. The van der Waals surface area contributed by atoms with Crippen molar-refractivity contribution in [3.63, 3.8) is 0 Å². The van der Waals surface area contributed by atoms with Crippen molar-refractivity contribution in [1.29, 1.82) is 0 Å². The molecule has 0 spiro atoms. The molecule has 2 aromatic heterocycles. The molecule has 0 bridgehead atoms. The SMILES string of the molecule is Cc1ccc(-c2n[nH]c(CC(N)=O)n2)n1C(F)F.